The van der Waals surface area contributed by atoms with E-state index in [1.807, 2.05) is 17.9 Å². The minimum atomic E-state index is -0.202. The molecular weight excluding hydrogens is 374 g/mol. The molecule has 8 nitrogen and oxygen atoms in total. The number of carbonyl (C=O) groups is 1. The largest absolute Gasteiger partial charge is 0.356 e. The van der Waals surface area contributed by atoms with Crippen molar-refractivity contribution < 1.29 is 4.79 Å². The Bertz CT molecular complexity index is 1020. The standard InChI is InChI=1S/C19H23N7OS/c1-12-8-13(9-14-11-24(3)21-17(12)14)18-22-26-16(27)10-15(20-19(26)28-18)25-6-4-23(2)5-7-25/h8-11,19-20H,4-7H2,1-3H3. The molecule has 1 saturated heterocycles. The molecule has 0 radical (unpaired) electrons. The maximum atomic E-state index is 12.7. The summed E-state index contributed by atoms with van der Waals surface area (Å²) in [4.78, 5) is 17.2. The number of amides is 1. The van der Waals surface area contributed by atoms with Crippen LogP contribution in [0.2, 0.25) is 0 Å². The number of likely N-dealkylation sites (N-methyl/N-ethyl adjacent to an activating group) is 1. The van der Waals surface area contributed by atoms with Gasteiger partial charge in [-0.15, -0.1) is 0 Å². The second-order valence-corrected chi connectivity index (χ2v) is 8.63. The van der Waals surface area contributed by atoms with Crippen LogP contribution in [0, 0.1) is 6.92 Å². The number of piperazine rings is 1. The number of rotatable bonds is 2. The maximum Gasteiger partial charge on any atom is 0.273 e. The van der Waals surface area contributed by atoms with Gasteiger partial charge >= 0.3 is 0 Å². The number of aryl methyl sites for hydroxylation is 2. The molecule has 3 aliphatic rings. The first-order chi connectivity index (χ1) is 13.5. The predicted octanol–water partition coefficient (Wildman–Crippen LogP) is 1.09. The number of fused-ring (bicyclic) bond motifs is 2. The molecule has 146 valence electrons. The lowest BCUT2D eigenvalue weighted by atomic mass is 10.1. The third-order valence-electron chi connectivity index (χ3n) is 5.41. The van der Waals surface area contributed by atoms with Crippen molar-refractivity contribution in [3.63, 3.8) is 0 Å². The van der Waals surface area contributed by atoms with Crippen molar-refractivity contribution in [2.24, 2.45) is 12.1 Å². The number of nitrogens with zero attached hydrogens (tertiary/aromatic N) is 6. The highest BCUT2D eigenvalue weighted by Gasteiger charge is 2.37. The smallest absolute Gasteiger partial charge is 0.273 e. The first kappa shape index (κ1) is 17.6. The molecule has 9 heteroatoms. The summed E-state index contributed by atoms with van der Waals surface area (Å²) in [5.41, 5.74) is 2.93. The van der Waals surface area contributed by atoms with Crippen LogP contribution in [-0.2, 0) is 11.8 Å². The third kappa shape index (κ3) is 2.94. The zero-order valence-corrected chi connectivity index (χ0v) is 17.0. The topological polar surface area (TPSA) is 69.0 Å². The second-order valence-electron chi connectivity index (χ2n) is 7.56. The van der Waals surface area contributed by atoms with Crippen LogP contribution in [0.25, 0.3) is 10.9 Å². The summed E-state index contributed by atoms with van der Waals surface area (Å²) in [5, 5.41) is 16.1. The van der Waals surface area contributed by atoms with Crippen LogP contribution in [0.15, 0.2) is 35.3 Å². The Morgan fingerprint density at radius 3 is 2.75 bits per heavy atom. The first-order valence-electron chi connectivity index (χ1n) is 9.42. The van der Waals surface area contributed by atoms with Gasteiger partial charge in [0.1, 0.15) is 10.9 Å². The number of aromatic nitrogens is 2. The van der Waals surface area contributed by atoms with Gasteiger partial charge < -0.3 is 15.1 Å². The summed E-state index contributed by atoms with van der Waals surface area (Å²) in [6, 6.07) is 4.19. The molecule has 1 amide bonds. The van der Waals surface area contributed by atoms with Crippen molar-refractivity contribution in [3.05, 3.63) is 41.4 Å². The van der Waals surface area contributed by atoms with Gasteiger partial charge in [-0.05, 0) is 31.7 Å². The number of carbonyl (C=O) groups excluding carboxylic acids is 1. The van der Waals surface area contributed by atoms with Crippen LogP contribution in [-0.4, -0.2) is 74.3 Å². The van der Waals surface area contributed by atoms with Crippen LogP contribution in [0.4, 0.5) is 0 Å². The van der Waals surface area contributed by atoms with E-state index in [0.29, 0.717) is 0 Å². The fourth-order valence-electron chi connectivity index (χ4n) is 3.85. The molecule has 1 aromatic carbocycles. The Hall–Kier alpha value is -2.52. The quantitative estimate of drug-likeness (QED) is 0.818. The third-order valence-corrected chi connectivity index (χ3v) is 6.49. The highest BCUT2D eigenvalue weighted by atomic mass is 32.2. The average molecular weight is 398 g/mol. The van der Waals surface area contributed by atoms with Crippen LogP contribution < -0.4 is 5.32 Å². The minimum Gasteiger partial charge on any atom is -0.356 e. The summed E-state index contributed by atoms with van der Waals surface area (Å²) in [6.07, 6.45) is 3.68. The van der Waals surface area contributed by atoms with Crippen LogP contribution >= 0.6 is 11.8 Å². The van der Waals surface area contributed by atoms with Crippen LogP contribution in [0.3, 0.4) is 0 Å². The number of hydrogen-bond acceptors (Lipinski definition) is 7. The van der Waals surface area contributed by atoms with Crippen molar-refractivity contribution in [2.45, 2.75) is 12.4 Å². The summed E-state index contributed by atoms with van der Waals surface area (Å²) < 4.78 is 1.83. The highest BCUT2D eigenvalue weighted by Crippen LogP contribution is 2.33. The van der Waals surface area contributed by atoms with Gasteiger partial charge in [-0.1, -0.05) is 11.8 Å². The molecule has 1 unspecified atom stereocenters. The van der Waals surface area contributed by atoms with Gasteiger partial charge in [-0.25, -0.2) is 0 Å². The normalized spacial score (nSPS) is 23.0. The highest BCUT2D eigenvalue weighted by molar-refractivity contribution is 8.15. The molecule has 2 aromatic rings. The van der Waals surface area contributed by atoms with Crippen molar-refractivity contribution in [1.29, 1.82) is 0 Å². The fraction of sp³-hybridized carbons (Fsp3) is 0.421. The Morgan fingerprint density at radius 1 is 1.18 bits per heavy atom. The van der Waals surface area contributed by atoms with E-state index in [1.165, 1.54) is 0 Å². The molecule has 28 heavy (non-hydrogen) atoms. The van der Waals surface area contributed by atoms with Crippen molar-refractivity contribution in [2.75, 3.05) is 33.2 Å². The molecule has 0 aliphatic carbocycles. The number of nitrogens with one attached hydrogen (secondary N) is 1. The monoisotopic (exact) mass is 397 g/mol. The van der Waals surface area contributed by atoms with Gasteiger partial charge in [-0.2, -0.15) is 15.2 Å². The lowest BCUT2D eigenvalue weighted by Gasteiger charge is -2.38. The summed E-state index contributed by atoms with van der Waals surface area (Å²) in [6.45, 7) is 5.90. The van der Waals surface area contributed by atoms with Crippen molar-refractivity contribution >= 4 is 33.6 Å². The zero-order valence-electron chi connectivity index (χ0n) is 16.2. The SMILES string of the molecule is Cc1cc(C2=NN3C(=O)C=C(N4CCN(C)CC4)NC3S2)cc2cn(C)nc12. The number of hydrazone groups is 1. The Balaban J connectivity index is 1.38. The van der Waals surface area contributed by atoms with Crippen molar-refractivity contribution in [3.8, 4) is 0 Å². The van der Waals surface area contributed by atoms with E-state index < -0.39 is 0 Å². The van der Waals surface area contributed by atoms with E-state index >= 15 is 0 Å². The van der Waals surface area contributed by atoms with Gasteiger partial charge in [-0.3, -0.25) is 9.48 Å². The summed E-state index contributed by atoms with van der Waals surface area (Å²) in [5.74, 6) is 0.835. The Labute approximate surface area is 167 Å². The molecule has 0 spiro atoms. The molecule has 1 fully saturated rings. The zero-order chi connectivity index (χ0) is 19.4. The fourth-order valence-corrected chi connectivity index (χ4v) is 4.88. The molecule has 0 saturated carbocycles. The number of benzene rings is 1. The first-order valence-corrected chi connectivity index (χ1v) is 10.3. The second kappa shape index (κ2) is 6.52. The Kier molecular flexibility index (Phi) is 4.09. The van der Waals surface area contributed by atoms with Crippen molar-refractivity contribution in [1.82, 2.24) is 29.9 Å². The molecule has 1 N–H and O–H groups in total. The van der Waals surface area contributed by atoms with E-state index in [4.69, 9.17) is 0 Å². The minimum absolute atomic E-state index is 0.0700. The number of hydrogen-bond donors (Lipinski definition) is 1. The predicted molar refractivity (Wildman–Crippen MR) is 111 cm³/mol. The van der Waals surface area contributed by atoms with E-state index in [0.717, 1.165) is 59.1 Å². The van der Waals surface area contributed by atoms with E-state index in [-0.39, 0.29) is 11.4 Å². The van der Waals surface area contributed by atoms with Crippen LogP contribution in [0.5, 0.6) is 0 Å². The molecule has 0 bridgehead atoms. The van der Waals surface area contributed by atoms with E-state index in [1.54, 1.807) is 22.8 Å². The lowest BCUT2D eigenvalue weighted by molar-refractivity contribution is -0.128. The molecule has 1 atom stereocenters. The molecular formula is C19H23N7OS. The van der Waals surface area contributed by atoms with Gasteiger partial charge in [0.2, 0.25) is 0 Å². The molecule has 3 aliphatic heterocycles. The summed E-state index contributed by atoms with van der Waals surface area (Å²) in [7, 11) is 4.05. The van der Waals surface area contributed by atoms with E-state index in [9.17, 15) is 4.79 Å². The maximum absolute atomic E-state index is 12.7. The van der Waals surface area contributed by atoms with E-state index in [2.05, 4.69) is 51.4 Å². The average Bonchev–Trinajstić information content (AvgIpc) is 3.25. The summed E-state index contributed by atoms with van der Waals surface area (Å²) >= 11 is 1.58. The van der Waals surface area contributed by atoms with Gasteiger partial charge in [0.25, 0.3) is 5.91 Å². The van der Waals surface area contributed by atoms with Gasteiger partial charge in [0.15, 0.2) is 5.50 Å². The van der Waals surface area contributed by atoms with Crippen LogP contribution in [0.1, 0.15) is 11.1 Å². The van der Waals surface area contributed by atoms with Gasteiger partial charge in [0.05, 0.1) is 5.52 Å². The number of thioether (sulfide) groups is 1. The van der Waals surface area contributed by atoms with Gasteiger partial charge in [0, 0.05) is 56.4 Å². The Morgan fingerprint density at radius 2 is 1.96 bits per heavy atom. The lowest BCUT2D eigenvalue weighted by Crippen LogP contribution is -2.52. The molecule has 4 heterocycles. The molecule has 1 aromatic heterocycles. The molecule has 5 rings (SSSR count).